The Kier molecular flexibility index (Phi) is 6.52. The monoisotopic (exact) mass is 306 g/mol. The van der Waals surface area contributed by atoms with E-state index in [1.165, 1.54) is 6.07 Å². The highest BCUT2D eigenvalue weighted by molar-refractivity contribution is 5.85. The molecule has 1 atom stereocenters. The summed E-state index contributed by atoms with van der Waals surface area (Å²) in [6.45, 7) is 6.76. The van der Waals surface area contributed by atoms with Gasteiger partial charge in [-0.05, 0) is 12.5 Å². The average molecular weight is 307 g/mol. The summed E-state index contributed by atoms with van der Waals surface area (Å²) < 4.78 is 40.2. The summed E-state index contributed by atoms with van der Waals surface area (Å²) in [5.41, 5.74) is 0.195. The van der Waals surface area contributed by atoms with Crippen LogP contribution in [0.25, 0.3) is 0 Å². The number of hydrogen-bond donors (Lipinski definition) is 1. The van der Waals surface area contributed by atoms with E-state index in [2.05, 4.69) is 16.8 Å². The zero-order valence-corrected chi connectivity index (χ0v) is 11.9. The molecule has 0 radical (unpaired) electrons. The molecule has 0 bridgehead atoms. The molecule has 1 N–H and O–H groups in total. The van der Waals surface area contributed by atoms with Gasteiger partial charge in [0.15, 0.2) is 17.5 Å². The molecular formula is C14H18ClF3N2. The molecule has 2 rings (SSSR count). The number of nitrogens with one attached hydrogen (secondary N) is 1. The van der Waals surface area contributed by atoms with Crippen LogP contribution in [-0.2, 0) is 0 Å². The number of benzene rings is 1. The topological polar surface area (TPSA) is 15.3 Å². The van der Waals surface area contributed by atoms with E-state index >= 15 is 0 Å². The van der Waals surface area contributed by atoms with Crippen molar-refractivity contribution in [2.24, 2.45) is 0 Å². The van der Waals surface area contributed by atoms with Crippen LogP contribution < -0.4 is 5.32 Å². The Morgan fingerprint density at radius 3 is 2.45 bits per heavy atom. The second-order valence-electron chi connectivity index (χ2n) is 4.59. The molecule has 0 spiro atoms. The molecule has 1 aliphatic rings. The van der Waals surface area contributed by atoms with E-state index in [0.717, 1.165) is 32.2 Å². The van der Waals surface area contributed by atoms with Gasteiger partial charge in [-0.3, -0.25) is 4.90 Å². The van der Waals surface area contributed by atoms with E-state index < -0.39 is 17.5 Å². The van der Waals surface area contributed by atoms with Crippen LogP contribution in [0, 0.1) is 17.5 Å². The highest BCUT2D eigenvalue weighted by Gasteiger charge is 2.26. The molecule has 20 heavy (non-hydrogen) atoms. The lowest BCUT2D eigenvalue weighted by Crippen LogP contribution is -2.45. The minimum Gasteiger partial charge on any atom is -0.314 e. The average Bonchev–Trinajstić information content (AvgIpc) is 2.44. The molecule has 1 fully saturated rings. The standard InChI is InChI=1S/C14H17F3N2.ClH/c1-2-3-12(19-8-6-18-7-9-19)10-4-5-11(15)14(17)13(10)16;/h2,4-5,12,18H,1,3,6-9H2;1H/t12-;/m1./s1. The van der Waals surface area contributed by atoms with Crippen molar-refractivity contribution in [2.45, 2.75) is 12.5 Å². The Bertz CT molecular complexity index is 462. The molecule has 6 heteroatoms. The van der Waals surface area contributed by atoms with Gasteiger partial charge < -0.3 is 5.32 Å². The predicted octanol–water partition coefficient (Wildman–Crippen LogP) is 3.05. The third-order valence-electron chi connectivity index (χ3n) is 3.41. The molecule has 0 unspecified atom stereocenters. The van der Waals surface area contributed by atoms with Gasteiger partial charge in [0.2, 0.25) is 0 Å². The van der Waals surface area contributed by atoms with Gasteiger partial charge >= 0.3 is 0 Å². The number of piperazine rings is 1. The van der Waals surface area contributed by atoms with Crippen LogP contribution in [0.4, 0.5) is 13.2 Å². The first-order valence-electron chi connectivity index (χ1n) is 6.34. The number of hydrogen-bond acceptors (Lipinski definition) is 2. The largest absolute Gasteiger partial charge is 0.314 e. The molecule has 0 saturated carbocycles. The fraction of sp³-hybridized carbons (Fsp3) is 0.429. The first-order valence-corrected chi connectivity index (χ1v) is 6.34. The first kappa shape index (κ1) is 17.0. The summed E-state index contributed by atoms with van der Waals surface area (Å²) in [7, 11) is 0. The van der Waals surface area contributed by atoms with E-state index in [0.29, 0.717) is 6.42 Å². The van der Waals surface area contributed by atoms with Crippen molar-refractivity contribution in [1.82, 2.24) is 10.2 Å². The van der Waals surface area contributed by atoms with Crippen LogP contribution in [0.1, 0.15) is 18.0 Å². The van der Waals surface area contributed by atoms with E-state index in [1.807, 2.05) is 0 Å². The molecule has 0 aliphatic carbocycles. The predicted molar refractivity (Wildman–Crippen MR) is 75.6 cm³/mol. The second kappa shape index (κ2) is 7.67. The summed E-state index contributed by atoms with van der Waals surface area (Å²) in [5, 5.41) is 3.20. The van der Waals surface area contributed by atoms with E-state index in [1.54, 1.807) is 6.08 Å². The smallest absolute Gasteiger partial charge is 0.194 e. The van der Waals surface area contributed by atoms with Crippen molar-refractivity contribution >= 4 is 12.4 Å². The molecule has 1 saturated heterocycles. The Morgan fingerprint density at radius 1 is 1.20 bits per heavy atom. The molecule has 0 aromatic heterocycles. The van der Waals surface area contributed by atoms with Crippen LogP contribution >= 0.6 is 12.4 Å². The zero-order chi connectivity index (χ0) is 13.8. The highest BCUT2D eigenvalue weighted by atomic mass is 35.5. The van der Waals surface area contributed by atoms with E-state index in [-0.39, 0.29) is 24.0 Å². The lowest BCUT2D eigenvalue weighted by molar-refractivity contribution is 0.170. The summed E-state index contributed by atoms with van der Waals surface area (Å²) in [5.74, 6) is -3.65. The van der Waals surface area contributed by atoms with Crippen molar-refractivity contribution in [3.8, 4) is 0 Å². The second-order valence-corrected chi connectivity index (χ2v) is 4.59. The van der Waals surface area contributed by atoms with Gasteiger partial charge in [0.05, 0.1) is 0 Å². The van der Waals surface area contributed by atoms with Gasteiger partial charge in [-0.2, -0.15) is 0 Å². The Balaban J connectivity index is 0.00000200. The number of halogens is 4. The van der Waals surface area contributed by atoms with Crippen LogP contribution in [0.2, 0.25) is 0 Å². The van der Waals surface area contributed by atoms with Crippen molar-refractivity contribution < 1.29 is 13.2 Å². The molecule has 112 valence electrons. The third kappa shape index (κ3) is 3.53. The Hall–Kier alpha value is -1.04. The maximum atomic E-state index is 13.9. The number of nitrogens with zero attached hydrogens (tertiary/aromatic N) is 1. The Morgan fingerprint density at radius 2 is 1.85 bits per heavy atom. The molecule has 1 aromatic carbocycles. The van der Waals surface area contributed by atoms with E-state index in [9.17, 15) is 13.2 Å². The lowest BCUT2D eigenvalue weighted by atomic mass is 10.00. The highest BCUT2D eigenvalue weighted by Crippen LogP contribution is 2.29. The van der Waals surface area contributed by atoms with Crippen molar-refractivity contribution in [3.63, 3.8) is 0 Å². The summed E-state index contributed by atoms with van der Waals surface area (Å²) in [6.07, 6.45) is 2.18. The van der Waals surface area contributed by atoms with Crippen molar-refractivity contribution in [1.29, 1.82) is 0 Å². The fourth-order valence-corrected chi connectivity index (χ4v) is 2.42. The molecule has 1 aliphatic heterocycles. The van der Waals surface area contributed by atoms with Crippen LogP contribution in [0.15, 0.2) is 24.8 Å². The lowest BCUT2D eigenvalue weighted by Gasteiger charge is -2.35. The molecule has 0 amide bonds. The van der Waals surface area contributed by atoms with Crippen LogP contribution in [-0.4, -0.2) is 31.1 Å². The van der Waals surface area contributed by atoms with Crippen molar-refractivity contribution in [3.05, 3.63) is 47.8 Å². The number of rotatable bonds is 4. The van der Waals surface area contributed by atoms with E-state index in [4.69, 9.17) is 0 Å². The van der Waals surface area contributed by atoms with Gasteiger partial charge in [-0.1, -0.05) is 12.1 Å². The van der Waals surface area contributed by atoms with Gasteiger partial charge in [-0.25, -0.2) is 13.2 Å². The minimum atomic E-state index is -1.40. The maximum absolute atomic E-state index is 13.9. The molecule has 1 aromatic rings. The molecule has 2 nitrogen and oxygen atoms in total. The molecular weight excluding hydrogens is 289 g/mol. The van der Waals surface area contributed by atoms with Crippen molar-refractivity contribution in [2.75, 3.05) is 26.2 Å². The summed E-state index contributed by atoms with van der Waals surface area (Å²) in [6, 6.07) is 2.00. The normalized spacial score (nSPS) is 17.4. The summed E-state index contributed by atoms with van der Waals surface area (Å²) in [4.78, 5) is 2.06. The van der Waals surface area contributed by atoms with Crippen LogP contribution in [0.5, 0.6) is 0 Å². The first-order chi connectivity index (χ1) is 9.15. The van der Waals surface area contributed by atoms with Gasteiger partial charge in [-0.15, -0.1) is 19.0 Å². The molecule has 1 heterocycles. The third-order valence-corrected chi connectivity index (χ3v) is 3.41. The SMILES string of the molecule is C=CC[C@H](c1ccc(F)c(F)c1F)N1CCNCC1.Cl. The van der Waals surface area contributed by atoms with Gasteiger partial charge in [0, 0.05) is 37.8 Å². The zero-order valence-electron chi connectivity index (χ0n) is 11.0. The Labute approximate surface area is 123 Å². The van der Waals surface area contributed by atoms with Crippen LogP contribution in [0.3, 0.4) is 0 Å². The van der Waals surface area contributed by atoms with Gasteiger partial charge in [0.25, 0.3) is 0 Å². The summed E-state index contributed by atoms with van der Waals surface area (Å²) >= 11 is 0. The quantitative estimate of drug-likeness (QED) is 0.679. The van der Waals surface area contributed by atoms with Gasteiger partial charge in [0.1, 0.15) is 0 Å². The fourth-order valence-electron chi connectivity index (χ4n) is 2.42. The minimum absolute atomic E-state index is 0. The maximum Gasteiger partial charge on any atom is 0.194 e.